The van der Waals surface area contributed by atoms with Crippen LogP contribution in [0.25, 0.3) is 0 Å². The number of rotatable bonds is 5. The molecule has 0 radical (unpaired) electrons. The van der Waals surface area contributed by atoms with Crippen molar-refractivity contribution < 1.29 is 14.3 Å². The summed E-state index contributed by atoms with van der Waals surface area (Å²) in [6, 6.07) is 5.50. The Balaban J connectivity index is 1.91. The highest BCUT2D eigenvalue weighted by Crippen LogP contribution is 2.25. The molecule has 2 rings (SSSR count). The van der Waals surface area contributed by atoms with Crippen molar-refractivity contribution in [3.05, 3.63) is 33.8 Å². The van der Waals surface area contributed by atoms with Gasteiger partial charge >= 0.3 is 5.97 Å². The summed E-state index contributed by atoms with van der Waals surface area (Å²) in [6.07, 6.45) is 0. The summed E-state index contributed by atoms with van der Waals surface area (Å²) in [5.74, 6) is -0.320. The molecule has 1 fully saturated rings. The topological polar surface area (TPSA) is 47.6 Å². The van der Waals surface area contributed by atoms with Crippen LogP contribution in [0.1, 0.15) is 22.8 Å². The standard InChI is InChI=1S/C14H18BrNO3/c1-14(8-19-9-14)7-16-6-11-4-3-10(5-12(11)15)13(17)18-2/h3-5,16H,6-9H2,1-2H3. The molecule has 1 heterocycles. The van der Waals surface area contributed by atoms with Crippen LogP contribution in [0.2, 0.25) is 0 Å². The van der Waals surface area contributed by atoms with Gasteiger partial charge in [-0.3, -0.25) is 0 Å². The van der Waals surface area contributed by atoms with Gasteiger partial charge in [0.25, 0.3) is 0 Å². The highest BCUT2D eigenvalue weighted by Gasteiger charge is 2.32. The van der Waals surface area contributed by atoms with Crippen LogP contribution in [-0.4, -0.2) is 32.8 Å². The van der Waals surface area contributed by atoms with E-state index >= 15 is 0 Å². The largest absolute Gasteiger partial charge is 0.465 e. The lowest BCUT2D eigenvalue weighted by Crippen LogP contribution is -2.47. The number of esters is 1. The van der Waals surface area contributed by atoms with Gasteiger partial charge in [-0.15, -0.1) is 0 Å². The first-order chi connectivity index (χ1) is 9.04. The van der Waals surface area contributed by atoms with Gasteiger partial charge in [-0.05, 0) is 17.7 Å². The molecule has 0 spiro atoms. The molecule has 0 aliphatic carbocycles. The van der Waals surface area contributed by atoms with Gasteiger partial charge in [0.2, 0.25) is 0 Å². The van der Waals surface area contributed by atoms with Crippen molar-refractivity contribution in [1.29, 1.82) is 0 Å². The van der Waals surface area contributed by atoms with Gasteiger partial charge in [0, 0.05) is 23.0 Å². The van der Waals surface area contributed by atoms with E-state index in [1.54, 1.807) is 12.1 Å². The number of methoxy groups -OCH3 is 1. The van der Waals surface area contributed by atoms with Crippen LogP contribution >= 0.6 is 15.9 Å². The van der Waals surface area contributed by atoms with Gasteiger partial charge in [-0.2, -0.15) is 0 Å². The summed E-state index contributed by atoms with van der Waals surface area (Å²) >= 11 is 3.48. The van der Waals surface area contributed by atoms with Crippen LogP contribution in [0.5, 0.6) is 0 Å². The van der Waals surface area contributed by atoms with Crippen LogP contribution in [-0.2, 0) is 16.0 Å². The summed E-state index contributed by atoms with van der Waals surface area (Å²) in [5.41, 5.74) is 1.94. The molecule has 0 bridgehead atoms. The highest BCUT2D eigenvalue weighted by molar-refractivity contribution is 9.10. The number of carbonyl (C=O) groups is 1. The number of carbonyl (C=O) groups excluding carboxylic acids is 1. The molecule has 19 heavy (non-hydrogen) atoms. The number of hydrogen-bond donors (Lipinski definition) is 1. The summed E-state index contributed by atoms with van der Waals surface area (Å²) < 4.78 is 10.8. The molecular weight excluding hydrogens is 310 g/mol. The zero-order valence-electron chi connectivity index (χ0n) is 11.2. The van der Waals surface area contributed by atoms with Gasteiger partial charge in [-0.25, -0.2) is 4.79 Å². The first-order valence-electron chi connectivity index (χ1n) is 6.19. The third-order valence-corrected chi connectivity index (χ3v) is 3.98. The number of ether oxygens (including phenoxy) is 2. The number of hydrogen-bond acceptors (Lipinski definition) is 4. The molecule has 1 N–H and O–H groups in total. The first kappa shape index (κ1) is 14.5. The fourth-order valence-electron chi connectivity index (χ4n) is 1.99. The van der Waals surface area contributed by atoms with E-state index in [0.29, 0.717) is 5.56 Å². The third-order valence-electron chi connectivity index (χ3n) is 3.24. The van der Waals surface area contributed by atoms with Gasteiger partial charge in [0.15, 0.2) is 0 Å². The van der Waals surface area contributed by atoms with Gasteiger partial charge < -0.3 is 14.8 Å². The number of benzene rings is 1. The highest BCUT2D eigenvalue weighted by atomic mass is 79.9. The van der Waals surface area contributed by atoms with Crippen molar-refractivity contribution >= 4 is 21.9 Å². The maximum Gasteiger partial charge on any atom is 0.337 e. The Labute approximate surface area is 121 Å². The molecule has 0 saturated carbocycles. The molecule has 0 atom stereocenters. The second-order valence-electron chi connectivity index (χ2n) is 5.20. The third kappa shape index (κ3) is 3.55. The van der Waals surface area contributed by atoms with Crippen molar-refractivity contribution in [3.8, 4) is 0 Å². The second kappa shape index (κ2) is 6.03. The fraction of sp³-hybridized carbons (Fsp3) is 0.500. The molecule has 104 valence electrons. The number of nitrogens with one attached hydrogen (secondary N) is 1. The summed E-state index contributed by atoms with van der Waals surface area (Å²) in [4.78, 5) is 11.4. The van der Waals surface area contributed by atoms with E-state index in [1.807, 2.05) is 6.07 Å². The smallest absolute Gasteiger partial charge is 0.337 e. The lowest BCUT2D eigenvalue weighted by atomic mass is 9.89. The van der Waals surface area contributed by atoms with Crippen LogP contribution < -0.4 is 5.32 Å². The second-order valence-corrected chi connectivity index (χ2v) is 6.06. The van der Waals surface area contributed by atoms with E-state index < -0.39 is 0 Å². The van der Waals surface area contributed by atoms with Crippen molar-refractivity contribution in [2.45, 2.75) is 13.5 Å². The molecule has 1 aliphatic heterocycles. The normalized spacial score (nSPS) is 16.8. The van der Waals surface area contributed by atoms with Crippen molar-refractivity contribution in [3.63, 3.8) is 0 Å². The van der Waals surface area contributed by atoms with Crippen molar-refractivity contribution in [2.75, 3.05) is 26.9 Å². The number of halogens is 1. The Morgan fingerprint density at radius 2 is 2.26 bits per heavy atom. The molecule has 4 nitrogen and oxygen atoms in total. The quantitative estimate of drug-likeness (QED) is 0.843. The molecule has 0 unspecified atom stereocenters. The van der Waals surface area contributed by atoms with E-state index in [4.69, 9.17) is 4.74 Å². The summed E-state index contributed by atoms with van der Waals surface area (Å²) in [7, 11) is 1.38. The average molecular weight is 328 g/mol. The molecule has 0 aromatic heterocycles. The first-order valence-corrected chi connectivity index (χ1v) is 6.99. The van der Waals surface area contributed by atoms with Crippen molar-refractivity contribution in [2.24, 2.45) is 5.41 Å². The predicted octanol–water partition coefficient (Wildman–Crippen LogP) is 2.36. The van der Waals surface area contributed by atoms with Crippen molar-refractivity contribution in [1.82, 2.24) is 5.32 Å². The molecule has 0 amide bonds. The Kier molecular flexibility index (Phi) is 4.60. The minimum Gasteiger partial charge on any atom is -0.465 e. The fourth-order valence-corrected chi connectivity index (χ4v) is 2.51. The summed E-state index contributed by atoms with van der Waals surface area (Å²) in [6.45, 7) is 5.54. The maximum absolute atomic E-state index is 11.4. The Hall–Kier alpha value is -0.910. The van der Waals surface area contributed by atoms with Crippen LogP contribution in [0.4, 0.5) is 0 Å². The SMILES string of the molecule is COC(=O)c1ccc(CNCC2(C)COC2)c(Br)c1. The average Bonchev–Trinajstić information content (AvgIpc) is 2.37. The van der Waals surface area contributed by atoms with Gasteiger partial charge in [0.05, 0.1) is 25.9 Å². The van der Waals surface area contributed by atoms with Crippen LogP contribution in [0.15, 0.2) is 22.7 Å². The molecule has 1 saturated heterocycles. The molecular formula is C14H18BrNO3. The Bertz CT molecular complexity index is 472. The Morgan fingerprint density at radius 1 is 1.53 bits per heavy atom. The van der Waals surface area contributed by atoms with E-state index in [1.165, 1.54) is 7.11 Å². The van der Waals surface area contributed by atoms with Crippen LogP contribution in [0.3, 0.4) is 0 Å². The molecule has 5 heteroatoms. The monoisotopic (exact) mass is 327 g/mol. The van der Waals surface area contributed by atoms with Gasteiger partial charge in [-0.1, -0.05) is 28.9 Å². The zero-order valence-corrected chi connectivity index (χ0v) is 12.7. The lowest BCUT2D eigenvalue weighted by Gasteiger charge is -2.38. The van der Waals surface area contributed by atoms with E-state index in [0.717, 1.165) is 36.3 Å². The van der Waals surface area contributed by atoms with Gasteiger partial charge in [0.1, 0.15) is 0 Å². The van der Waals surface area contributed by atoms with E-state index in [9.17, 15) is 4.79 Å². The minimum absolute atomic E-state index is 0.262. The summed E-state index contributed by atoms with van der Waals surface area (Å²) in [5, 5.41) is 3.42. The predicted molar refractivity (Wildman–Crippen MR) is 76.1 cm³/mol. The minimum atomic E-state index is -0.320. The zero-order chi connectivity index (χ0) is 13.9. The maximum atomic E-state index is 11.4. The Morgan fingerprint density at radius 3 is 2.79 bits per heavy atom. The van der Waals surface area contributed by atoms with E-state index in [2.05, 4.69) is 32.9 Å². The van der Waals surface area contributed by atoms with E-state index in [-0.39, 0.29) is 11.4 Å². The molecule has 1 aliphatic rings. The molecule has 1 aromatic carbocycles. The lowest BCUT2D eigenvalue weighted by molar-refractivity contribution is -0.0991. The molecule has 1 aromatic rings. The van der Waals surface area contributed by atoms with Crippen LogP contribution in [0, 0.1) is 5.41 Å².